The van der Waals surface area contributed by atoms with E-state index in [9.17, 15) is 9.59 Å². The zero-order valence-electron chi connectivity index (χ0n) is 11.9. The Morgan fingerprint density at radius 1 is 1.24 bits per heavy atom. The van der Waals surface area contributed by atoms with Crippen molar-refractivity contribution in [3.05, 3.63) is 57.9 Å². The molecule has 110 valence electrons. The van der Waals surface area contributed by atoms with E-state index in [4.69, 9.17) is 16.7 Å². The molecule has 0 saturated carbocycles. The minimum absolute atomic E-state index is 0.0897. The van der Waals surface area contributed by atoms with Crippen molar-refractivity contribution in [1.82, 2.24) is 4.57 Å². The van der Waals surface area contributed by atoms with Gasteiger partial charge in [0, 0.05) is 23.3 Å². The number of aryl methyl sites for hydroxylation is 1. The van der Waals surface area contributed by atoms with Crippen molar-refractivity contribution < 1.29 is 14.7 Å². The number of aromatic nitrogens is 1. The smallest absolute Gasteiger partial charge is 0.309 e. The zero-order chi connectivity index (χ0) is 15.6. The van der Waals surface area contributed by atoms with Crippen LogP contribution in [-0.2, 0) is 24.7 Å². The lowest BCUT2D eigenvalue weighted by Crippen LogP contribution is -2.12. The molecule has 0 unspecified atom stereocenters. The number of halogens is 1. The van der Waals surface area contributed by atoms with Gasteiger partial charge < -0.3 is 9.67 Å². The number of carbonyl (C=O) groups is 2. The summed E-state index contributed by atoms with van der Waals surface area (Å²) < 4.78 is 1.67. The normalized spacial score (nSPS) is 10.6. The van der Waals surface area contributed by atoms with E-state index < -0.39 is 5.97 Å². The first-order valence-electron chi connectivity index (χ1n) is 6.63. The molecule has 2 rings (SSSR count). The van der Waals surface area contributed by atoms with E-state index in [2.05, 4.69) is 0 Å². The molecule has 5 heteroatoms. The monoisotopic (exact) mass is 305 g/mol. The van der Waals surface area contributed by atoms with Gasteiger partial charge in [-0.05, 0) is 42.3 Å². The van der Waals surface area contributed by atoms with Crippen molar-refractivity contribution in [2.75, 3.05) is 0 Å². The third kappa shape index (κ3) is 3.16. The summed E-state index contributed by atoms with van der Waals surface area (Å²) in [6.45, 7) is 1.94. The van der Waals surface area contributed by atoms with Gasteiger partial charge in [0.15, 0.2) is 0 Å². The predicted molar refractivity (Wildman–Crippen MR) is 81.0 cm³/mol. The lowest BCUT2D eigenvalue weighted by molar-refractivity contribution is -0.136. The SMILES string of the molecule is CCc1cc(C(=O)c2ccc(Cl)cc2)n(C)c1CC(=O)O. The molecule has 2 aromatic rings. The number of aliphatic carboxylic acids is 1. The lowest BCUT2D eigenvalue weighted by Gasteiger charge is -2.07. The van der Waals surface area contributed by atoms with Crippen molar-refractivity contribution in [3.8, 4) is 0 Å². The minimum Gasteiger partial charge on any atom is -0.481 e. The number of nitrogens with zero attached hydrogens (tertiary/aromatic N) is 1. The highest BCUT2D eigenvalue weighted by Gasteiger charge is 2.19. The van der Waals surface area contributed by atoms with E-state index in [1.54, 1.807) is 41.9 Å². The van der Waals surface area contributed by atoms with Crippen molar-refractivity contribution in [1.29, 1.82) is 0 Å². The van der Waals surface area contributed by atoms with Gasteiger partial charge in [-0.1, -0.05) is 18.5 Å². The van der Waals surface area contributed by atoms with E-state index in [0.29, 0.717) is 28.4 Å². The van der Waals surface area contributed by atoms with Crippen LogP contribution in [0.4, 0.5) is 0 Å². The Morgan fingerprint density at radius 2 is 1.86 bits per heavy atom. The van der Waals surface area contributed by atoms with E-state index in [1.165, 1.54) is 0 Å². The van der Waals surface area contributed by atoms with Gasteiger partial charge in [-0.3, -0.25) is 9.59 Å². The largest absolute Gasteiger partial charge is 0.481 e. The first-order chi connectivity index (χ1) is 9.93. The number of ketones is 1. The Kier molecular flexibility index (Phi) is 4.48. The van der Waals surface area contributed by atoms with Crippen LogP contribution in [0, 0.1) is 0 Å². The summed E-state index contributed by atoms with van der Waals surface area (Å²) in [5, 5.41) is 9.56. The summed E-state index contributed by atoms with van der Waals surface area (Å²) in [7, 11) is 1.72. The average molecular weight is 306 g/mol. The van der Waals surface area contributed by atoms with Gasteiger partial charge in [-0.15, -0.1) is 0 Å². The third-order valence-electron chi connectivity index (χ3n) is 3.49. The predicted octanol–water partition coefficient (Wildman–Crippen LogP) is 3.10. The molecule has 4 nitrogen and oxygen atoms in total. The molecule has 1 aromatic heterocycles. The van der Waals surface area contributed by atoms with E-state index in [1.807, 2.05) is 6.92 Å². The van der Waals surface area contributed by atoms with Crippen LogP contribution < -0.4 is 0 Å². The van der Waals surface area contributed by atoms with Crippen LogP contribution in [0.15, 0.2) is 30.3 Å². The Bertz CT molecular complexity index is 686. The fourth-order valence-electron chi connectivity index (χ4n) is 2.35. The number of hydrogen-bond donors (Lipinski definition) is 1. The van der Waals surface area contributed by atoms with Crippen molar-refractivity contribution >= 4 is 23.4 Å². The van der Waals surface area contributed by atoms with E-state index >= 15 is 0 Å². The molecule has 0 spiro atoms. The summed E-state index contributed by atoms with van der Waals surface area (Å²) >= 11 is 5.82. The van der Waals surface area contributed by atoms with Crippen LogP contribution in [0.25, 0.3) is 0 Å². The van der Waals surface area contributed by atoms with Gasteiger partial charge in [-0.25, -0.2) is 0 Å². The Morgan fingerprint density at radius 3 is 2.38 bits per heavy atom. The fraction of sp³-hybridized carbons (Fsp3) is 0.250. The molecule has 0 aliphatic rings. The fourth-order valence-corrected chi connectivity index (χ4v) is 2.48. The number of benzene rings is 1. The molecular formula is C16H16ClNO3. The molecule has 0 aliphatic carbocycles. The van der Waals surface area contributed by atoms with Crippen LogP contribution in [0.2, 0.25) is 5.02 Å². The van der Waals surface area contributed by atoms with E-state index in [0.717, 1.165) is 5.56 Å². The van der Waals surface area contributed by atoms with Crippen LogP contribution in [-0.4, -0.2) is 21.4 Å². The lowest BCUT2D eigenvalue weighted by atomic mass is 10.1. The highest BCUT2D eigenvalue weighted by molar-refractivity contribution is 6.30. The maximum absolute atomic E-state index is 12.5. The van der Waals surface area contributed by atoms with Gasteiger partial charge in [-0.2, -0.15) is 0 Å². The molecule has 0 atom stereocenters. The molecule has 0 fully saturated rings. The zero-order valence-corrected chi connectivity index (χ0v) is 12.6. The standard InChI is InChI=1S/C16H16ClNO3/c1-3-10-8-14(18(2)13(10)9-15(19)20)16(21)11-4-6-12(17)7-5-11/h4-8H,3,9H2,1-2H3,(H,19,20). The van der Waals surface area contributed by atoms with Crippen LogP contribution >= 0.6 is 11.6 Å². The molecule has 0 amide bonds. The molecule has 21 heavy (non-hydrogen) atoms. The van der Waals surface area contributed by atoms with Gasteiger partial charge in [0.05, 0.1) is 12.1 Å². The maximum Gasteiger partial charge on any atom is 0.309 e. The maximum atomic E-state index is 12.5. The number of hydrogen-bond acceptors (Lipinski definition) is 2. The minimum atomic E-state index is -0.906. The average Bonchev–Trinajstić information content (AvgIpc) is 2.75. The number of rotatable bonds is 5. The van der Waals surface area contributed by atoms with Crippen LogP contribution in [0.3, 0.4) is 0 Å². The third-order valence-corrected chi connectivity index (χ3v) is 3.74. The molecule has 1 heterocycles. The van der Waals surface area contributed by atoms with Crippen LogP contribution in [0.5, 0.6) is 0 Å². The first-order valence-corrected chi connectivity index (χ1v) is 7.01. The van der Waals surface area contributed by atoms with Crippen LogP contribution in [0.1, 0.15) is 34.2 Å². The summed E-state index contributed by atoms with van der Waals surface area (Å²) in [5.74, 6) is -1.04. The molecular weight excluding hydrogens is 290 g/mol. The van der Waals surface area contributed by atoms with Gasteiger partial charge >= 0.3 is 5.97 Å². The number of carboxylic acids is 1. The highest BCUT2D eigenvalue weighted by Crippen LogP contribution is 2.20. The molecule has 1 N–H and O–H groups in total. The highest BCUT2D eigenvalue weighted by atomic mass is 35.5. The van der Waals surface area contributed by atoms with Crippen molar-refractivity contribution in [2.24, 2.45) is 7.05 Å². The second-order valence-corrected chi connectivity index (χ2v) is 5.26. The van der Waals surface area contributed by atoms with Crippen molar-refractivity contribution in [3.63, 3.8) is 0 Å². The summed E-state index contributed by atoms with van der Waals surface area (Å²) in [6, 6.07) is 8.43. The van der Waals surface area contributed by atoms with Crippen molar-refractivity contribution in [2.45, 2.75) is 19.8 Å². The Labute approximate surface area is 128 Å². The van der Waals surface area contributed by atoms with E-state index in [-0.39, 0.29) is 12.2 Å². The number of carboxylic acid groups (broad SMARTS) is 1. The summed E-state index contributed by atoms with van der Waals surface area (Å²) in [5.41, 5.74) is 2.58. The second kappa shape index (κ2) is 6.14. The summed E-state index contributed by atoms with van der Waals surface area (Å²) in [4.78, 5) is 23.5. The van der Waals surface area contributed by atoms with Gasteiger partial charge in [0.25, 0.3) is 0 Å². The molecule has 0 bridgehead atoms. The van der Waals surface area contributed by atoms with Gasteiger partial charge in [0.1, 0.15) is 0 Å². The van der Waals surface area contributed by atoms with Gasteiger partial charge in [0.2, 0.25) is 5.78 Å². The topological polar surface area (TPSA) is 59.3 Å². The number of carbonyl (C=O) groups excluding carboxylic acids is 1. The Balaban J connectivity index is 2.44. The summed E-state index contributed by atoms with van der Waals surface area (Å²) in [6.07, 6.45) is 0.595. The molecule has 0 aliphatic heterocycles. The quantitative estimate of drug-likeness (QED) is 0.864. The first kappa shape index (κ1) is 15.3. The molecule has 1 aromatic carbocycles. The molecule has 0 saturated heterocycles. The molecule has 0 radical (unpaired) electrons. The second-order valence-electron chi connectivity index (χ2n) is 4.82. The Hall–Kier alpha value is -2.07.